The fraction of sp³-hybridized carbons (Fsp3) is 0.0833. The third-order valence-corrected chi connectivity index (χ3v) is 10.3. The lowest BCUT2D eigenvalue weighted by Gasteiger charge is -2.19. The Morgan fingerprint density at radius 3 is 0.969 bits per heavy atom. The number of nitrogens with zero attached hydrogens (tertiary/aromatic N) is 12. The largest absolute Gasteiger partial charge is 0.507 e. The minimum Gasteiger partial charge on any atom is -0.507 e. The number of hydrogen-bond acceptors (Lipinski definition) is 16. The minimum atomic E-state index is -0.118. The number of benzene rings is 4. The zero-order valence-corrected chi connectivity index (χ0v) is 33.8. The van der Waals surface area contributed by atoms with Crippen molar-refractivity contribution >= 4 is 45.5 Å². The van der Waals surface area contributed by atoms with Gasteiger partial charge in [0.1, 0.15) is 45.7 Å². The summed E-state index contributed by atoms with van der Waals surface area (Å²) < 4.78 is 0. The molecule has 4 aromatic heterocycles. The van der Waals surface area contributed by atoms with Crippen LogP contribution in [-0.4, -0.2) is 40.4 Å². The molecule has 1 aliphatic carbocycles. The molecule has 0 spiro atoms. The van der Waals surface area contributed by atoms with Gasteiger partial charge in [-0.2, -0.15) is 20.5 Å². The summed E-state index contributed by atoms with van der Waals surface area (Å²) in [7, 11) is 0. The molecule has 16 nitrogen and oxygen atoms in total. The van der Waals surface area contributed by atoms with E-state index in [-0.39, 0.29) is 48.7 Å². The number of aromatic nitrogens is 4. The molecule has 9 rings (SSSR count). The fourth-order valence-corrected chi connectivity index (χ4v) is 7.21. The van der Waals surface area contributed by atoms with Crippen molar-refractivity contribution in [1.82, 2.24) is 19.9 Å². The molecule has 0 radical (unpaired) electrons. The molecule has 0 amide bonds. The molecule has 0 saturated heterocycles. The molecule has 4 N–H and O–H groups in total. The van der Waals surface area contributed by atoms with Crippen LogP contribution in [0.5, 0.6) is 23.0 Å². The topological polar surface area (TPSA) is 231 Å². The number of aromatic hydroxyl groups is 4. The summed E-state index contributed by atoms with van der Waals surface area (Å²) in [5.74, 6) is -0.362. The summed E-state index contributed by atoms with van der Waals surface area (Å²) in [6, 6.07) is 27.6. The lowest BCUT2D eigenvalue weighted by atomic mass is 9.90. The maximum Gasteiger partial charge on any atom is 0.124 e. The predicted octanol–water partition coefficient (Wildman–Crippen LogP) is 12.4. The van der Waals surface area contributed by atoms with Gasteiger partial charge in [-0.3, -0.25) is 19.9 Å². The van der Waals surface area contributed by atoms with E-state index in [1.165, 1.54) is 0 Å². The minimum absolute atomic E-state index is 0.000360. The number of phenolic OH excluding ortho intramolecular Hbond substituents is 4. The van der Waals surface area contributed by atoms with E-state index in [0.717, 1.165) is 0 Å². The van der Waals surface area contributed by atoms with Crippen LogP contribution in [0.25, 0.3) is 0 Å². The van der Waals surface area contributed by atoms with Crippen molar-refractivity contribution in [1.29, 1.82) is 0 Å². The molecular formula is C48H36N12O4. The molecule has 0 fully saturated rings. The second-order valence-electron chi connectivity index (χ2n) is 14.8. The number of hydrogen-bond donors (Lipinski definition) is 4. The Morgan fingerprint density at radius 1 is 0.312 bits per heavy atom. The van der Waals surface area contributed by atoms with Crippen molar-refractivity contribution in [3.63, 3.8) is 0 Å². The van der Waals surface area contributed by atoms with Crippen molar-refractivity contribution in [2.45, 2.75) is 25.7 Å². The SMILES string of the molecule is Oc1c2cc(N=Nc3cccnc3)cc1Cc1cc(N=Nc3cccnc3)cc(c1O)Cc1c(N=Nc3cccnc3)ccc(c1O)Cc1cc(N=Nc3cccnc3)cc(c1O)C2. The number of azo groups is 4. The first-order valence-electron chi connectivity index (χ1n) is 20.0. The third-order valence-electron chi connectivity index (χ3n) is 10.3. The maximum atomic E-state index is 12.2. The molecule has 0 saturated carbocycles. The Labute approximate surface area is 365 Å². The summed E-state index contributed by atoms with van der Waals surface area (Å²) in [6.07, 6.45) is 12.8. The van der Waals surface area contributed by atoms with Crippen LogP contribution in [0.3, 0.4) is 0 Å². The van der Waals surface area contributed by atoms with Gasteiger partial charge in [0, 0.05) is 89.4 Å². The molecule has 312 valence electrons. The van der Waals surface area contributed by atoms with Crippen LogP contribution in [0, 0.1) is 0 Å². The Morgan fingerprint density at radius 2 is 0.625 bits per heavy atom. The van der Waals surface area contributed by atoms with Crippen LogP contribution in [0.1, 0.15) is 44.5 Å². The second kappa shape index (κ2) is 18.4. The van der Waals surface area contributed by atoms with Crippen LogP contribution in [0.2, 0.25) is 0 Å². The van der Waals surface area contributed by atoms with Crippen molar-refractivity contribution in [3.05, 3.63) is 191 Å². The number of phenols is 4. The van der Waals surface area contributed by atoms with Gasteiger partial charge in [-0.25, -0.2) is 0 Å². The Bertz CT molecular complexity index is 3100. The lowest BCUT2D eigenvalue weighted by molar-refractivity contribution is 0.450. The quantitative estimate of drug-likeness (QED) is 0.107. The second-order valence-corrected chi connectivity index (χ2v) is 14.8. The first-order chi connectivity index (χ1) is 31.3. The molecule has 8 aromatic rings. The van der Waals surface area contributed by atoms with E-state index in [2.05, 4.69) is 60.8 Å². The maximum absolute atomic E-state index is 12.2. The average Bonchev–Trinajstić information content (AvgIpc) is 3.32. The molecule has 16 heteroatoms. The van der Waals surface area contributed by atoms with Crippen LogP contribution < -0.4 is 0 Å². The van der Waals surface area contributed by atoms with Crippen molar-refractivity contribution in [3.8, 4) is 23.0 Å². The van der Waals surface area contributed by atoms with Crippen molar-refractivity contribution in [2.75, 3.05) is 0 Å². The third kappa shape index (κ3) is 9.35. The van der Waals surface area contributed by atoms with Gasteiger partial charge in [-0.05, 0) is 96.6 Å². The highest BCUT2D eigenvalue weighted by Crippen LogP contribution is 2.43. The molecule has 1 aliphatic rings. The first kappa shape index (κ1) is 40.5. The molecule has 64 heavy (non-hydrogen) atoms. The summed E-state index contributed by atoms with van der Waals surface area (Å²) in [6.45, 7) is 0. The van der Waals surface area contributed by atoms with E-state index in [1.54, 1.807) is 147 Å². The number of rotatable bonds is 8. The lowest BCUT2D eigenvalue weighted by Crippen LogP contribution is -2.01. The van der Waals surface area contributed by atoms with Crippen LogP contribution in [0.15, 0.2) is 188 Å². The van der Waals surface area contributed by atoms with E-state index in [0.29, 0.717) is 90.0 Å². The zero-order chi connectivity index (χ0) is 43.8. The van der Waals surface area contributed by atoms with E-state index in [1.807, 2.05) is 0 Å². The Hall–Kier alpha value is -8.92. The smallest absolute Gasteiger partial charge is 0.124 e. The molecule has 0 atom stereocenters. The van der Waals surface area contributed by atoms with Crippen molar-refractivity contribution in [2.24, 2.45) is 40.9 Å². The van der Waals surface area contributed by atoms with Gasteiger partial charge in [0.2, 0.25) is 0 Å². The number of pyridine rings is 4. The number of fused-ring (bicyclic) bond motifs is 8. The van der Waals surface area contributed by atoms with Gasteiger partial charge in [0.25, 0.3) is 0 Å². The molecule has 0 unspecified atom stereocenters. The summed E-state index contributed by atoms with van der Waals surface area (Å²) in [4.78, 5) is 16.5. The van der Waals surface area contributed by atoms with Gasteiger partial charge in [-0.1, -0.05) is 6.07 Å². The van der Waals surface area contributed by atoms with Gasteiger partial charge in [0.15, 0.2) is 0 Å². The fourth-order valence-electron chi connectivity index (χ4n) is 7.21. The molecule has 0 aliphatic heterocycles. The van der Waals surface area contributed by atoms with E-state index < -0.39 is 0 Å². The molecule has 4 aromatic carbocycles. The van der Waals surface area contributed by atoms with Crippen LogP contribution >= 0.6 is 0 Å². The van der Waals surface area contributed by atoms with Crippen molar-refractivity contribution < 1.29 is 20.4 Å². The zero-order valence-electron chi connectivity index (χ0n) is 33.8. The predicted molar refractivity (Wildman–Crippen MR) is 237 cm³/mol. The summed E-state index contributed by atoms with van der Waals surface area (Å²) in [5.41, 5.74) is 6.77. The van der Waals surface area contributed by atoms with E-state index >= 15 is 0 Å². The molecular weight excluding hydrogens is 809 g/mol. The Kier molecular flexibility index (Phi) is 11.6. The van der Waals surface area contributed by atoms with Gasteiger partial charge in [0.05, 0.1) is 47.5 Å². The summed E-state index contributed by atoms with van der Waals surface area (Å²) >= 11 is 0. The monoisotopic (exact) mass is 844 g/mol. The van der Waals surface area contributed by atoms with Gasteiger partial charge < -0.3 is 20.4 Å². The highest BCUT2D eigenvalue weighted by Gasteiger charge is 2.23. The van der Waals surface area contributed by atoms with E-state index in [9.17, 15) is 20.4 Å². The van der Waals surface area contributed by atoms with E-state index in [4.69, 9.17) is 0 Å². The standard InChI is InChI=1S/C48H36N12O4/c61-45-30-15-29-9-10-44(60-56-39-8-4-14-52-28-39)43(48(29)64)24-35-23-42(59-55-38-7-3-13-51-27-38)22-34(47(35)63)17-33-21-41(58-54-37-6-2-12-50-26-37)20-32(46(33)62)16-31(45)19-40(18-30)57-53-36-5-1-11-49-25-36/h1-14,18-23,25-28,61-64H,15-17,24H2. The van der Waals surface area contributed by atoms with Crippen LogP contribution in [0.4, 0.5) is 45.5 Å². The normalized spacial score (nSPS) is 12.8. The van der Waals surface area contributed by atoms with Gasteiger partial charge in [-0.15, -0.1) is 20.5 Å². The van der Waals surface area contributed by atoms with Gasteiger partial charge >= 0.3 is 0 Å². The average molecular weight is 845 g/mol. The highest BCUT2D eigenvalue weighted by molar-refractivity contribution is 5.65. The molecule has 4 heterocycles. The Balaban J connectivity index is 1.25. The molecule has 8 bridgehead atoms. The van der Waals surface area contributed by atoms with Crippen LogP contribution in [-0.2, 0) is 25.7 Å². The first-order valence-corrected chi connectivity index (χ1v) is 20.0. The highest BCUT2D eigenvalue weighted by atomic mass is 16.3. The summed E-state index contributed by atoms with van der Waals surface area (Å²) in [5, 5.41) is 84.0.